The molecule has 1 N–H and O–H groups in total. The molecule has 21 heavy (non-hydrogen) atoms. The summed E-state index contributed by atoms with van der Waals surface area (Å²) in [5.74, 6) is -0.415. The van der Waals surface area contributed by atoms with E-state index in [9.17, 15) is 9.59 Å². The van der Waals surface area contributed by atoms with Crippen LogP contribution in [0.25, 0.3) is 0 Å². The van der Waals surface area contributed by atoms with E-state index in [0.717, 1.165) is 5.56 Å². The van der Waals surface area contributed by atoms with Gasteiger partial charge in [0.25, 0.3) is 0 Å². The van der Waals surface area contributed by atoms with Gasteiger partial charge in [0.15, 0.2) is 0 Å². The van der Waals surface area contributed by atoms with Gasteiger partial charge in [0, 0.05) is 6.42 Å². The lowest BCUT2D eigenvalue weighted by Crippen LogP contribution is -2.32. The van der Waals surface area contributed by atoms with Crippen LogP contribution in [0, 0.1) is 5.92 Å². The average Bonchev–Trinajstić information content (AvgIpc) is 2.50. The van der Waals surface area contributed by atoms with Crippen molar-refractivity contribution >= 4 is 11.9 Å². The summed E-state index contributed by atoms with van der Waals surface area (Å²) in [6.07, 6.45) is 5.67. The molecule has 0 radical (unpaired) electrons. The Morgan fingerprint density at radius 3 is 2.67 bits per heavy atom. The number of carbonyl (C=O) groups excluding carboxylic acids is 2. The molecule has 1 amide bonds. The summed E-state index contributed by atoms with van der Waals surface area (Å²) < 4.78 is 5.35. The van der Waals surface area contributed by atoms with Gasteiger partial charge in [0.2, 0.25) is 5.91 Å². The van der Waals surface area contributed by atoms with Crippen LogP contribution in [0.3, 0.4) is 0 Å². The largest absolute Gasteiger partial charge is 0.463 e. The second-order valence-corrected chi connectivity index (χ2v) is 5.31. The number of hydrogen-bond acceptors (Lipinski definition) is 3. The molecular formula is C17H21NO3. The van der Waals surface area contributed by atoms with Crippen molar-refractivity contribution in [3.05, 3.63) is 48.0 Å². The first-order valence-electron chi connectivity index (χ1n) is 7.32. The summed E-state index contributed by atoms with van der Waals surface area (Å²) >= 11 is 0. The molecule has 112 valence electrons. The molecule has 1 aliphatic rings. The molecule has 0 aliphatic carbocycles. The quantitative estimate of drug-likeness (QED) is 0.638. The van der Waals surface area contributed by atoms with Crippen molar-refractivity contribution in [3.63, 3.8) is 0 Å². The van der Waals surface area contributed by atoms with Crippen molar-refractivity contribution in [3.8, 4) is 0 Å². The van der Waals surface area contributed by atoms with Crippen molar-refractivity contribution in [1.29, 1.82) is 0 Å². The fourth-order valence-electron chi connectivity index (χ4n) is 2.21. The molecule has 1 heterocycles. The van der Waals surface area contributed by atoms with Crippen molar-refractivity contribution < 1.29 is 14.3 Å². The van der Waals surface area contributed by atoms with Crippen molar-refractivity contribution in [1.82, 2.24) is 5.32 Å². The number of rotatable bonds is 1. The molecule has 0 unspecified atom stereocenters. The first kappa shape index (κ1) is 15.3. The Hall–Kier alpha value is -2.10. The number of allylic oxidation sites excluding steroid dienone is 2. The first-order valence-corrected chi connectivity index (χ1v) is 7.32. The van der Waals surface area contributed by atoms with Gasteiger partial charge < -0.3 is 10.1 Å². The van der Waals surface area contributed by atoms with Gasteiger partial charge in [-0.15, -0.1) is 0 Å². The molecule has 0 saturated heterocycles. The highest BCUT2D eigenvalue weighted by molar-refractivity contribution is 5.77. The summed E-state index contributed by atoms with van der Waals surface area (Å²) in [5.41, 5.74) is 0.943. The zero-order valence-electron chi connectivity index (χ0n) is 12.2. The Morgan fingerprint density at radius 2 is 1.90 bits per heavy atom. The fraction of sp³-hybridized carbons (Fsp3) is 0.412. The average molecular weight is 287 g/mol. The third-order valence-electron chi connectivity index (χ3n) is 3.53. The molecule has 0 aromatic heterocycles. The summed E-state index contributed by atoms with van der Waals surface area (Å²) in [5, 5.41) is 2.94. The normalized spacial score (nSPS) is 26.0. The summed E-state index contributed by atoms with van der Waals surface area (Å²) in [7, 11) is 0. The number of benzene rings is 1. The molecule has 4 heteroatoms. The topological polar surface area (TPSA) is 55.4 Å². The van der Waals surface area contributed by atoms with Crippen molar-refractivity contribution in [2.45, 2.75) is 32.2 Å². The first-order chi connectivity index (χ1) is 10.2. The molecule has 0 saturated carbocycles. The second kappa shape index (κ2) is 7.62. The molecule has 1 aromatic rings. The van der Waals surface area contributed by atoms with Crippen LogP contribution < -0.4 is 5.32 Å². The minimum Gasteiger partial charge on any atom is -0.463 e. The van der Waals surface area contributed by atoms with Crippen LogP contribution in [0.5, 0.6) is 0 Å². The molecule has 1 aliphatic heterocycles. The zero-order chi connectivity index (χ0) is 15.1. The van der Waals surface area contributed by atoms with E-state index in [0.29, 0.717) is 19.3 Å². The van der Waals surface area contributed by atoms with Crippen LogP contribution in [-0.2, 0) is 14.3 Å². The highest BCUT2D eigenvalue weighted by Crippen LogP contribution is 2.16. The van der Waals surface area contributed by atoms with Gasteiger partial charge in [-0.3, -0.25) is 9.59 Å². The molecule has 0 spiro atoms. The van der Waals surface area contributed by atoms with E-state index in [1.807, 2.05) is 49.4 Å². The summed E-state index contributed by atoms with van der Waals surface area (Å²) in [6, 6.07) is 9.29. The van der Waals surface area contributed by atoms with Gasteiger partial charge in [-0.05, 0) is 18.4 Å². The number of hydrogen-bond donors (Lipinski definition) is 1. The van der Waals surface area contributed by atoms with Crippen molar-refractivity contribution in [2.24, 2.45) is 5.92 Å². The van der Waals surface area contributed by atoms with E-state index in [2.05, 4.69) is 5.32 Å². The lowest BCUT2D eigenvalue weighted by Gasteiger charge is -2.20. The standard InChI is InChI=1S/C17H21NO3/c1-13-8-4-2-7-11-16(19)18-15(12-21-17(13)20)14-9-5-3-6-10-14/h2-6,9-10,13,15H,7-8,11-12H2,1H3,(H,18,19)/b4-2+/t13-,15+/m0/s1. The molecule has 0 fully saturated rings. The minimum atomic E-state index is -0.293. The van der Waals surface area contributed by atoms with Crippen LogP contribution in [0.15, 0.2) is 42.5 Å². The molecular weight excluding hydrogens is 266 g/mol. The molecule has 2 atom stereocenters. The number of ether oxygens (including phenoxy) is 1. The second-order valence-electron chi connectivity index (χ2n) is 5.31. The van der Waals surface area contributed by atoms with Crippen LogP contribution in [0.4, 0.5) is 0 Å². The minimum absolute atomic E-state index is 0.0295. The van der Waals surface area contributed by atoms with E-state index in [-0.39, 0.29) is 30.4 Å². The van der Waals surface area contributed by atoms with E-state index in [4.69, 9.17) is 4.74 Å². The van der Waals surface area contributed by atoms with Crippen LogP contribution >= 0.6 is 0 Å². The van der Waals surface area contributed by atoms with Gasteiger partial charge in [-0.25, -0.2) is 0 Å². The molecule has 4 nitrogen and oxygen atoms in total. The number of amides is 1. The Labute approximate surface area is 125 Å². The summed E-state index contributed by atoms with van der Waals surface area (Å²) in [6.45, 7) is 2.02. The Kier molecular flexibility index (Phi) is 5.55. The predicted octanol–water partition coefficient (Wildman–Crippen LogP) is 2.76. The third kappa shape index (κ3) is 4.74. The monoisotopic (exact) mass is 287 g/mol. The maximum absolute atomic E-state index is 11.9. The highest BCUT2D eigenvalue weighted by atomic mass is 16.5. The summed E-state index contributed by atoms with van der Waals surface area (Å²) in [4.78, 5) is 23.9. The zero-order valence-corrected chi connectivity index (χ0v) is 12.2. The van der Waals surface area contributed by atoms with Crippen LogP contribution in [0.2, 0.25) is 0 Å². The van der Waals surface area contributed by atoms with E-state index >= 15 is 0 Å². The Bertz CT molecular complexity index is 510. The van der Waals surface area contributed by atoms with E-state index < -0.39 is 0 Å². The maximum Gasteiger partial charge on any atom is 0.309 e. The van der Waals surface area contributed by atoms with Gasteiger partial charge in [-0.2, -0.15) is 0 Å². The van der Waals surface area contributed by atoms with Gasteiger partial charge in [0.1, 0.15) is 6.61 Å². The number of esters is 1. The Balaban J connectivity index is 2.13. The van der Waals surface area contributed by atoms with Crippen LogP contribution in [0.1, 0.15) is 37.8 Å². The fourth-order valence-corrected chi connectivity index (χ4v) is 2.21. The number of nitrogens with one attached hydrogen (secondary N) is 1. The third-order valence-corrected chi connectivity index (χ3v) is 3.53. The van der Waals surface area contributed by atoms with E-state index in [1.54, 1.807) is 0 Å². The van der Waals surface area contributed by atoms with Crippen molar-refractivity contribution in [2.75, 3.05) is 6.61 Å². The van der Waals surface area contributed by atoms with Crippen LogP contribution in [-0.4, -0.2) is 18.5 Å². The van der Waals surface area contributed by atoms with E-state index in [1.165, 1.54) is 0 Å². The van der Waals surface area contributed by atoms with Gasteiger partial charge in [-0.1, -0.05) is 49.4 Å². The lowest BCUT2D eigenvalue weighted by atomic mass is 10.1. The lowest BCUT2D eigenvalue weighted by molar-refractivity contribution is -0.149. The van der Waals surface area contributed by atoms with Gasteiger partial charge >= 0.3 is 5.97 Å². The Morgan fingerprint density at radius 1 is 1.14 bits per heavy atom. The molecule has 2 rings (SSSR count). The highest BCUT2D eigenvalue weighted by Gasteiger charge is 2.19. The predicted molar refractivity (Wildman–Crippen MR) is 80.4 cm³/mol. The smallest absolute Gasteiger partial charge is 0.309 e. The number of carbonyl (C=O) groups is 2. The SMILES string of the molecule is C[C@H]1C/C=C/CCC(=O)N[C@@H](c2ccccc2)COC1=O. The molecule has 1 aromatic carbocycles. The van der Waals surface area contributed by atoms with Gasteiger partial charge in [0.05, 0.1) is 12.0 Å². The number of cyclic esters (lactones) is 1. The maximum atomic E-state index is 11.9. The molecule has 0 bridgehead atoms.